The first-order valence-corrected chi connectivity index (χ1v) is 11.9. The predicted molar refractivity (Wildman–Crippen MR) is 127 cm³/mol. The second kappa shape index (κ2) is 8.32. The van der Waals surface area contributed by atoms with Gasteiger partial charge >= 0.3 is 0 Å². The summed E-state index contributed by atoms with van der Waals surface area (Å²) in [5.41, 5.74) is 5.67. The molecule has 0 aromatic carbocycles. The number of fused-ring (bicyclic) bond motifs is 2. The monoisotopic (exact) mass is 464 g/mol. The highest BCUT2D eigenvalue weighted by Crippen LogP contribution is 2.39. The van der Waals surface area contributed by atoms with E-state index in [1.54, 1.807) is 17.7 Å². The number of hydrogen-bond donors (Lipinski definition) is 1. The number of methoxy groups -OCH3 is 1. The molecule has 1 N–H and O–H groups in total. The SMILES string of the molecule is COc1cc(-c2[nH]c3cc(F)c(C4CCN(C5COC5)CC4)nc3c2C(C)C)cn2ncnc12. The zero-order valence-corrected chi connectivity index (χ0v) is 19.7. The van der Waals surface area contributed by atoms with E-state index in [0.717, 1.165) is 61.5 Å². The fourth-order valence-electron chi connectivity index (χ4n) is 5.36. The van der Waals surface area contributed by atoms with Crippen LogP contribution in [0.15, 0.2) is 24.7 Å². The van der Waals surface area contributed by atoms with Crippen molar-refractivity contribution in [1.29, 1.82) is 0 Å². The minimum absolute atomic E-state index is 0.131. The predicted octanol–water partition coefficient (Wildman–Crippen LogP) is 4.12. The number of aromatic amines is 1. The maximum absolute atomic E-state index is 15.3. The molecule has 2 aliphatic heterocycles. The number of hydrogen-bond acceptors (Lipinski definition) is 6. The standard InChI is InChI=1S/C25H29FN6O2/c1-14(2)21-23(16-8-20(33-3)25-27-13-28-32(25)10-16)29-19-9-18(26)22(30-24(19)21)15-4-6-31(7-5-15)17-11-34-12-17/h8-10,13-15,17,29H,4-7,11-12H2,1-3H3. The lowest BCUT2D eigenvalue weighted by Crippen LogP contribution is -2.51. The summed E-state index contributed by atoms with van der Waals surface area (Å²) in [5.74, 6) is 0.719. The molecule has 0 amide bonds. The fraction of sp³-hybridized carbons (Fsp3) is 0.480. The van der Waals surface area contributed by atoms with Gasteiger partial charge in [0.1, 0.15) is 12.1 Å². The summed E-state index contributed by atoms with van der Waals surface area (Å²) in [6.07, 6.45) is 5.25. The molecule has 6 rings (SSSR count). The van der Waals surface area contributed by atoms with Gasteiger partial charge in [-0.2, -0.15) is 5.10 Å². The molecule has 0 atom stereocenters. The van der Waals surface area contributed by atoms with Crippen LogP contribution in [-0.4, -0.2) is 68.9 Å². The van der Waals surface area contributed by atoms with Crippen LogP contribution < -0.4 is 4.74 Å². The Morgan fingerprint density at radius 2 is 2.00 bits per heavy atom. The highest BCUT2D eigenvalue weighted by atomic mass is 19.1. The van der Waals surface area contributed by atoms with E-state index in [9.17, 15) is 0 Å². The number of nitrogens with zero attached hydrogens (tertiary/aromatic N) is 5. The minimum atomic E-state index is -0.231. The maximum Gasteiger partial charge on any atom is 0.197 e. The van der Waals surface area contributed by atoms with Crippen LogP contribution in [0, 0.1) is 5.82 Å². The van der Waals surface area contributed by atoms with Crippen molar-refractivity contribution >= 4 is 16.7 Å². The summed E-state index contributed by atoms with van der Waals surface area (Å²) >= 11 is 0. The molecule has 9 heteroatoms. The molecular weight excluding hydrogens is 435 g/mol. The summed E-state index contributed by atoms with van der Waals surface area (Å²) in [6, 6.07) is 4.09. The Balaban J connectivity index is 1.41. The molecule has 34 heavy (non-hydrogen) atoms. The van der Waals surface area contributed by atoms with E-state index < -0.39 is 0 Å². The van der Waals surface area contributed by atoms with Crippen LogP contribution in [-0.2, 0) is 4.74 Å². The first-order valence-electron chi connectivity index (χ1n) is 11.9. The molecule has 0 aliphatic carbocycles. The van der Waals surface area contributed by atoms with Gasteiger partial charge in [0.2, 0.25) is 0 Å². The number of likely N-dealkylation sites (tertiary alicyclic amines) is 1. The number of aromatic nitrogens is 5. The molecule has 2 aliphatic rings. The van der Waals surface area contributed by atoms with Crippen LogP contribution in [0.1, 0.15) is 49.8 Å². The Labute approximate surface area is 197 Å². The largest absolute Gasteiger partial charge is 0.493 e. The summed E-state index contributed by atoms with van der Waals surface area (Å²) in [7, 11) is 1.62. The van der Waals surface area contributed by atoms with Gasteiger partial charge in [-0.15, -0.1) is 0 Å². The van der Waals surface area contributed by atoms with E-state index in [4.69, 9.17) is 14.5 Å². The van der Waals surface area contributed by atoms with Crippen molar-refractivity contribution in [3.05, 3.63) is 41.7 Å². The number of halogens is 1. The quantitative estimate of drug-likeness (QED) is 0.479. The smallest absolute Gasteiger partial charge is 0.197 e. The second-order valence-corrected chi connectivity index (χ2v) is 9.65. The van der Waals surface area contributed by atoms with Crippen LogP contribution in [0.3, 0.4) is 0 Å². The van der Waals surface area contributed by atoms with Gasteiger partial charge in [0, 0.05) is 29.3 Å². The Bertz CT molecular complexity index is 1350. The van der Waals surface area contributed by atoms with Gasteiger partial charge in [0.15, 0.2) is 11.4 Å². The molecule has 0 saturated carbocycles. The van der Waals surface area contributed by atoms with Crippen molar-refractivity contribution in [3.8, 4) is 17.0 Å². The highest BCUT2D eigenvalue weighted by molar-refractivity contribution is 5.89. The number of ether oxygens (including phenoxy) is 2. The first-order chi connectivity index (χ1) is 16.5. The Morgan fingerprint density at radius 1 is 1.21 bits per heavy atom. The average Bonchev–Trinajstić information content (AvgIpc) is 3.41. The van der Waals surface area contributed by atoms with Crippen LogP contribution >= 0.6 is 0 Å². The van der Waals surface area contributed by atoms with E-state index in [-0.39, 0.29) is 17.7 Å². The first kappa shape index (κ1) is 21.5. The van der Waals surface area contributed by atoms with Crippen molar-refractivity contribution in [2.45, 2.75) is 44.6 Å². The van der Waals surface area contributed by atoms with Crippen LogP contribution in [0.5, 0.6) is 5.75 Å². The molecule has 0 radical (unpaired) electrons. The van der Waals surface area contributed by atoms with Crippen molar-refractivity contribution in [2.24, 2.45) is 0 Å². The normalized spacial score (nSPS) is 18.3. The molecule has 2 fully saturated rings. The lowest BCUT2D eigenvalue weighted by molar-refractivity contribution is -0.0714. The number of nitrogens with one attached hydrogen (secondary N) is 1. The molecule has 178 valence electrons. The van der Waals surface area contributed by atoms with Gasteiger partial charge in [-0.05, 0) is 37.9 Å². The average molecular weight is 465 g/mol. The number of rotatable bonds is 5. The molecule has 6 heterocycles. The van der Waals surface area contributed by atoms with Crippen molar-refractivity contribution in [3.63, 3.8) is 0 Å². The van der Waals surface area contributed by atoms with E-state index in [1.165, 1.54) is 6.33 Å². The molecule has 4 aromatic heterocycles. The zero-order valence-electron chi connectivity index (χ0n) is 19.7. The molecule has 8 nitrogen and oxygen atoms in total. The van der Waals surface area contributed by atoms with Gasteiger partial charge in [0.05, 0.1) is 48.8 Å². The molecule has 0 spiro atoms. The van der Waals surface area contributed by atoms with E-state index in [1.807, 2.05) is 12.3 Å². The Hall–Kier alpha value is -3.04. The molecule has 2 saturated heterocycles. The number of piperidine rings is 1. The van der Waals surface area contributed by atoms with Gasteiger partial charge in [-0.25, -0.2) is 18.9 Å². The Morgan fingerprint density at radius 3 is 2.68 bits per heavy atom. The topological polar surface area (TPSA) is 80.6 Å². The van der Waals surface area contributed by atoms with Gasteiger partial charge in [0.25, 0.3) is 0 Å². The van der Waals surface area contributed by atoms with E-state index in [0.29, 0.717) is 28.6 Å². The molecule has 0 unspecified atom stereocenters. The van der Waals surface area contributed by atoms with Crippen molar-refractivity contribution in [2.75, 3.05) is 33.4 Å². The lowest BCUT2D eigenvalue weighted by Gasteiger charge is -2.41. The third-order valence-corrected chi connectivity index (χ3v) is 7.27. The zero-order chi connectivity index (χ0) is 23.4. The van der Waals surface area contributed by atoms with E-state index >= 15 is 4.39 Å². The van der Waals surface area contributed by atoms with Gasteiger partial charge < -0.3 is 14.5 Å². The van der Waals surface area contributed by atoms with Crippen molar-refractivity contribution in [1.82, 2.24) is 29.5 Å². The summed E-state index contributed by atoms with van der Waals surface area (Å²) in [4.78, 5) is 15.1. The van der Waals surface area contributed by atoms with Gasteiger partial charge in [-0.3, -0.25) is 4.90 Å². The fourth-order valence-corrected chi connectivity index (χ4v) is 5.36. The minimum Gasteiger partial charge on any atom is -0.493 e. The van der Waals surface area contributed by atoms with Crippen LogP contribution in [0.4, 0.5) is 4.39 Å². The maximum atomic E-state index is 15.3. The lowest BCUT2D eigenvalue weighted by atomic mass is 9.91. The van der Waals surface area contributed by atoms with Crippen LogP contribution in [0.25, 0.3) is 27.9 Å². The second-order valence-electron chi connectivity index (χ2n) is 9.65. The molecular formula is C25H29FN6O2. The van der Waals surface area contributed by atoms with Crippen LogP contribution in [0.2, 0.25) is 0 Å². The summed E-state index contributed by atoms with van der Waals surface area (Å²) in [5, 5.41) is 4.28. The highest BCUT2D eigenvalue weighted by Gasteiger charge is 2.32. The number of pyridine rings is 2. The molecule has 4 aromatic rings. The number of H-pyrrole nitrogens is 1. The summed E-state index contributed by atoms with van der Waals surface area (Å²) < 4.78 is 27.9. The van der Waals surface area contributed by atoms with Gasteiger partial charge in [-0.1, -0.05) is 13.8 Å². The third kappa shape index (κ3) is 3.45. The molecule has 0 bridgehead atoms. The summed E-state index contributed by atoms with van der Waals surface area (Å²) in [6.45, 7) is 7.84. The Kier molecular flexibility index (Phi) is 5.26. The third-order valence-electron chi connectivity index (χ3n) is 7.27. The van der Waals surface area contributed by atoms with Crippen molar-refractivity contribution < 1.29 is 13.9 Å². The van der Waals surface area contributed by atoms with E-state index in [2.05, 4.69) is 33.8 Å².